The molecule has 124 valence electrons. The molecular formula is C16H13ClN2O5. The van der Waals surface area contributed by atoms with E-state index in [2.05, 4.69) is 0 Å². The molecule has 0 aromatic heterocycles. The maximum Gasteiger partial charge on any atom is 0.271 e. The number of nitrogens with zero attached hydrogens (tertiary/aromatic N) is 2. The number of nitro benzene ring substituents is 1. The number of non-ortho nitro benzene ring substituents is 1. The normalized spacial score (nSPS) is 31.5. The van der Waals surface area contributed by atoms with E-state index in [-0.39, 0.29) is 34.0 Å². The van der Waals surface area contributed by atoms with Gasteiger partial charge in [-0.05, 0) is 24.8 Å². The molecule has 8 heteroatoms. The zero-order valence-electron chi connectivity index (χ0n) is 12.5. The van der Waals surface area contributed by atoms with E-state index in [1.54, 1.807) is 0 Å². The van der Waals surface area contributed by atoms with Gasteiger partial charge in [0.25, 0.3) is 5.69 Å². The lowest BCUT2D eigenvalue weighted by molar-refractivity contribution is -0.384. The van der Waals surface area contributed by atoms with Gasteiger partial charge in [0.2, 0.25) is 11.8 Å². The highest BCUT2D eigenvalue weighted by Gasteiger charge is 2.61. The first-order chi connectivity index (χ1) is 11.4. The molecule has 4 unspecified atom stereocenters. The first-order valence-corrected chi connectivity index (χ1v) is 8.12. The standard InChI is InChI=1S/C16H13ClN2O5/c17-10-6-8(19(23)24)2-4-11(10)18-15(21)13-7-1-3-9(12(20)5-7)14(13)16(18)22/h2,4,6-7,9,13-14H,1,3,5H2. The SMILES string of the molecule is O=C1CC2CCC1C1C(=O)N(c3ccc([N+](=O)[O-])cc3Cl)C(=O)C21. The number of hydrogen-bond donors (Lipinski definition) is 0. The van der Waals surface area contributed by atoms with Crippen molar-refractivity contribution in [2.45, 2.75) is 19.3 Å². The summed E-state index contributed by atoms with van der Waals surface area (Å²) in [5, 5.41) is 10.8. The Morgan fingerprint density at radius 2 is 1.83 bits per heavy atom. The van der Waals surface area contributed by atoms with Crippen molar-refractivity contribution in [3.63, 3.8) is 0 Å². The summed E-state index contributed by atoms with van der Waals surface area (Å²) < 4.78 is 0. The number of rotatable bonds is 2. The van der Waals surface area contributed by atoms with Crippen LogP contribution in [0, 0.1) is 33.8 Å². The molecule has 1 heterocycles. The van der Waals surface area contributed by atoms with Gasteiger partial charge in [0, 0.05) is 24.5 Å². The third-order valence-electron chi connectivity index (χ3n) is 5.45. The van der Waals surface area contributed by atoms with Gasteiger partial charge < -0.3 is 0 Å². The largest absolute Gasteiger partial charge is 0.299 e. The number of carbonyl (C=O) groups is 3. The van der Waals surface area contributed by atoms with Crippen LogP contribution < -0.4 is 4.90 Å². The summed E-state index contributed by atoms with van der Waals surface area (Å²) in [7, 11) is 0. The third-order valence-corrected chi connectivity index (χ3v) is 5.75. The van der Waals surface area contributed by atoms with E-state index in [9.17, 15) is 24.5 Å². The second-order valence-corrected chi connectivity index (χ2v) is 6.98. The lowest BCUT2D eigenvalue weighted by Crippen LogP contribution is -2.46. The Kier molecular flexibility index (Phi) is 3.25. The quantitative estimate of drug-likeness (QED) is 0.464. The van der Waals surface area contributed by atoms with Crippen molar-refractivity contribution in [2.24, 2.45) is 23.7 Å². The van der Waals surface area contributed by atoms with Gasteiger partial charge >= 0.3 is 0 Å². The fourth-order valence-electron chi connectivity index (χ4n) is 4.41. The van der Waals surface area contributed by atoms with Gasteiger partial charge in [0.1, 0.15) is 5.78 Å². The molecule has 2 bridgehead atoms. The zero-order chi connectivity index (χ0) is 17.2. The number of anilines is 1. The molecule has 4 fully saturated rings. The van der Waals surface area contributed by atoms with Crippen LogP contribution in [0.2, 0.25) is 5.02 Å². The summed E-state index contributed by atoms with van der Waals surface area (Å²) in [5.41, 5.74) is -0.0611. The summed E-state index contributed by atoms with van der Waals surface area (Å²) in [4.78, 5) is 49.0. The van der Waals surface area contributed by atoms with Gasteiger partial charge in [-0.2, -0.15) is 0 Å². The topological polar surface area (TPSA) is 97.6 Å². The highest BCUT2D eigenvalue weighted by atomic mass is 35.5. The van der Waals surface area contributed by atoms with Gasteiger partial charge in [-0.15, -0.1) is 0 Å². The summed E-state index contributed by atoms with van der Waals surface area (Å²) in [5.74, 6) is -2.26. The second-order valence-electron chi connectivity index (χ2n) is 6.57. The number of carbonyl (C=O) groups excluding carboxylic acids is 3. The van der Waals surface area contributed by atoms with Crippen LogP contribution in [0.15, 0.2) is 18.2 Å². The summed E-state index contributed by atoms with van der Waals surface area (Å²) in [6.45, 7) is 0. The van der Waals surface area contributed by atoms with Gasteiger partial charge in [0.15, 0.2) is 0 Å². The zero-order valence-corrected chi connectivity index (χ0v) is 13.2. The number of nitro groups is 1. The average Bonchev–Trinajstić information content (AvgIpc) is 2.81. The van der Waals surface area contributed by atoms with Gasteiger partial charge in [-0.3, -0.25) is 24.5 Å². The van der Waals surface area contributed by atoms with Crippen molar-refractivity contribution in [2.75, 3.05) is 4.90 Å². The Labute approximate surface area is 141 Å². The molecule has 5 rings (SSSR count). The van der Waals surface area contributed by atoms with Crippen LogP contribution in [0.5, 0.6) is 0 Å². The minimum absolute atomic E-state index is 0.0248. The van der Waals surface area contributed by atoms with Crippen molar-refractivity contribution in [3.8, 4) is 0 Å². The van der Waals surface area contributed by atoms with Crippen molar-refractivity contribution in [3.05, 3.63) is 33.3 Å². The van der Waals surface area contributed by atoms with E-state index >= 15 is 0 Å². The van der Waals surface area contributed by atoms with Crippen LogP contribution in [-0.2, 0) is 14.4 Å². The number of Topliss-reactive ketones (excluding diaryl/α,β-unsaturated/α-hetero) is 1. The lowest BCUT2D eigenvalue weighted by Gasteiger charge is -2.41. The van der Waals surface area contributed by atoms with Crippen LogP contribution >= 0.6 is 11.6 Å². The maximum atomic E-state index is 12.8. The van der Waals surface area contributed by atoms with Crippen LogP contribution in [-0.4, -0.2) is 22.5 Å². The molecule has 24 heavy (non-hydrogen) atoms. The summed E-state index contributed by atoms with van der Waals surface area (Å²) >= 11 is 6.08. The highest BCUT2D eigenvalue weighted by Crippen LogP contribution is 2.52. The van der Waals surface area contributed by atoms with E-state index in [1.165, 1.54) is 12.1 Å². The maximum absolute atomic E-state index is 12.8. The predicted molar refractivity (Wildman–Crippen MR) is 83.4 cm³/mol. The van der Waals surface area contributed by atoms with Crippen molar-refractivity contribution in [1.29, 1.82) is 0 Å². The fourth-order valence-corrected chi connectivity index (χ4v) is 4.67. The average molecular weight is 349 g/mol. The Morgan fingerprint density at radius 1 is 1.12 bits per heavy atom. The van der Waals surface area contributed by atoms with Crippen LogP contribution in [0.4, 0.5) is 11.4 Å². The number of hydrogen-bond acceptors (Lipinski definition) is 5. The number of amides is 2. The van der Waals surface area contributed by atoms with E-state index in [1.807, 2.05) is 0 Å². The van der Waals surface area contributed by atoms with Crippen molar-refractivity contribution >= 4 is 40.6 Å². The Bertz CT molecular complexity index is 808. The minimum Gasteiger partial charge on any atom is -0.299 e. The molecular weight excluding hydrogens is 336 g/mol. The number of imide groups is 1. The third kappa shape index (κ3) is 1.94. The molecule has 3 aliphatic carbocycles. The minimum atomic E-state index is -0.608. The van der Waals surface area contributed by atoms with Gasteiger partial charge in [-0.1, -0.05) is 11.6 Å². The van der Waals surface area contributed by atoms with Crippen LogP contribution in [0.25, 0.3) is 0 Å². The molecule has 3 saturated carbocycles. The lowest BCUT2D eigenvalue weighted by atomic mass is 9.59. The molecule has 4 aliphatic rings. The number of benzene rings is 1. The van der Waals surface area contributed by atoms with Crippen molar-refractivity contribution < 1.29 is 19.3 Å². The molecule has 4 atom stereocenters. The molecule has 2 amide bonds. The predicted octanol–water partition coefficient (Wildman–Crippen LogP) is 2.35. The van der Waals surface area contributed by atoms with Crippen LogP contribution in [0.1, 0.15) is 19.3 Å². The summed E-state index contributed by atoms with van der Waals surface area (Å²) in [6.07, 6.45) is 1.77. The van der Waals surface area contributed by atoms with E-state index in [0.29, 0.717) is 12.8 Å². The van der Waals surface area contributed by atoms with Crippen molar-refractivity contribution in [1.82, 2.24) is 0 Å². The van der Waals surface area contributed by atoms with E-state index < -0.39 is 28.6 Å². The second kappa shape index (κ2) is 5.11. The van der Waals surface area contributed by atoms with Crippen LogP contribution in [0.3, 0.4) is 0 Å². The monoisotopic (exact) mass is 348 g/mol. The fraction of sp³-hybridized carbons (Fsp3) is 0.438. The number of fused-ring (bicyclic) bond motifs is 2. The molecule has 1 aromatic carbocycles. The molecule has 1 aliphatic heterocycles. The Hall–Kier alpha value is -2.28. The molecule has 7 nitrogen and oxygen atoms in total. The smallest absolute Gasteiger partial charge is 0.271 e. The van der Waals surface area contributed by atoms with E-state index in [4.69, 9.17) is 11.6 Å². The molecule has 0 N–H and O–H groups in total. The molecule has 1 saturated heterocycles. The van der Waals surface area contributed by atoms with Gasteiger partial charge in [0.05, 0.1) is 27.5 Å². The summed E-state index contributed by atoms with van der Waals surface area (Å²) in [6, 6.07) is 3.65. The first kappa shape index (κ1) is 15.3. The highest BCUT2D eigenvalue weighted by molar-refractivity contribution is 6.36. The molecule has 0 spiro atoms. The first-order valence-electron chi connectivity index (χ1n) is 7.74. The Morgan fingerprint density at radius 3 is 2.46 bits per heavy atom. The number of halogens is 1. The Balaban J connectivity index is 1.75. The number of ketones is 1. The molecule has 1 aromatic rings. The molecule has 0 radical (unpaired) electrons. The van der Waals surface area contributed by atoms with E-state index in [0.717, 1.165) is 17.4 Å². The van der Waals surface area contributed by atoms with Gasteiger partial charge in [-0.25, -0.2) is 4.90 Å².